The quantitative estimate of drug-likeness (QED) is 0.810. The molecule has 4 heteroatoms. The molecular weight excluding hydrogens is 242 g/mol. The minimum absolute atomic E-state index is 0.343. The van der Waals surface area contributed by atoms with Crippen LogP contribution in [0.25, 0.3) is 0 Å². The monoisotopic (exact) mass is 259 g/mol. The van der Waals surface area contributed by atoms with E-state index in [0.29, 0.717) is 24.7 Å². The number of nitrogens with two attached hydrogens (primary N) is 1. The summed E-state index contributed by atoms with van der Waals surface area (Å²) in [6.45, 7) is 0.846. The highest BCUT2D eigenvalue weighted by Crippen LogP contribution is 2.28. The van der Waals surface area contributed by atoms with Gasteiger partial charge in [-0.1, -0.05) is 36.4 Å². The van der Waals surface area contributed by atoms with Gasteiger partial charge in [0, 0.05) is 0 Å². The molecule has 0 amide bonds. The number of rotatable bonds is 6. The van der Waals surface area contributed by atoms with Crippen molar-refractivity contribution in [2.24, 2.45) is 5.90 Å². The predicted molar refractivity (Wildman–Crippen MR) is 72.7 cm³/mol. The Kier molecular flexibility index (Phi) is 4.78. The van der Waals surface area contributed by atoms with Crippen LogP contribution in [0.3, 0.4) is 0 Å². The smallest absolute Gasteiger partial charge is 0.161 e. The fourth-order valence-corrected chi connectivity index (χ4v) is 1.75. The lowest BCUT2D eigenvalue weighted by Crippen LogP contribution is -2.01. The number of methoxy groups -OCH3 is 1. The summed E-state index contributed by atoms with van der Waals surface area (Å²) >= 11 is 0. The molecule has 0 spiro atoms. The highest BCUT2D eigenvalue weighted by atomic mass is 16.6. The molecule has 0 aliphatic heterocycles. The lowest BCUT2D eigenvalue weighted by molar-refractivity contribution is 0.124. The summed E-state index contributed by atoms with van der Waals surface area (Å²) in [4.78, 5) is 4.60. The van der Waals surface area contributed by atoms with E-state index in [2.05, 4.69) is 4.84 Å². The van der Waals surface area contributed by atoms with E-state index >= 15 is 0 Å². The molecule has 2 aromatic carbocycles. The van der Waals surface area contributed by atoms with Gasteiger partial charge in [0.05, 0.1) is 13.7 Å². The summed E-state index contributed by atoms with van der Waals surface area (Å²) in [6, 6.07) is 15.6. The van der Waals surface area contributed by atoms with Crippen LogP contribution in [0, 0.1) is 0 Å². The van der Waals surface area contributed by atoms with Crippen LogP contribution >= 0.6 is 0 Å². The van der Waals surface area contributed by atoms with Crippen LogP contribution in [0.5, 0.6) is 11.5 Å². The molecule has 0 heterocycles. The Labute approximate surface area is 112 Å². The molecule has 0 atom stereocenters. The maximum absolute atomic E-state index is 5.75. The minimum atomic E-state index is 0.343. The summed E-state index contributed by atoms with van der Waals surface area (Å²) in [5.74, 6) is 6.43. The molecule has 0 aromatic heterocycles. The van der Waals surface area contributed by atoms with Gasteiger partial charge < -0.3 is 9.47 Å². The van der Waals surface area contributed by atoms with Crippen LogP contribution in [0.1, 0.15) is 11.1 Å². The zero-order chi connectivity index (χ0) is 13.5. The fourth-order valence-electron chi connectivity index (χ4n) is 1.75. The topological polar surface area (TPSA) is 53.7 Å². The molecule has 0 bridgehead atoms. The summed E-state index contributed by atoms with van der Waals surface area (Å²) in [5, 5.41) is 0. The third-order valence-electron chi connectivity index (χ3n) is 2.72. The summed E-state index contributed by atoms with van der Waals surface area (Å²) in [5.41, 5.74) is 2.05. The van der Waals surface area contributed by atoms with E-state index in [-0.39, 0.29) is 0 Å². The largest absolute Gasteiger partial charge is 0.493 e. The van der Waals surface area contributed by atoms with Crippen molar-refractivity contribution in [2.45, 2.75) is 13.2 Å². The Balaban J connectivity index is 2.07. The molecule has 0 saturated heterocycles. The van der Waals surface area contributed by atoms with Gasteiger partial charge >= 0.3 is 0 Å². The minimum Gasteiger partial charge on any atom is -0.493 e. The molecule has 2 N–H and O–H groups in total. The zero-order valence-electron chi connectivity index (χ0n) is 10.8. The Morgan fingerprint density at radius 3 is 2.37 bits per heavy atom. The van der Waals surface area contributed by atoms with Crippen LogP contribution in [0.2, 0.25) is 0 Å². The number of hydrogen-bond donors (Lipinski definition) is 1. The number of hydrogen-bond acceptors (Lipinski definition) is 4. The average Bonchev–Trinajstić information content (AvgIpc) is 2.47. The van der Waals surface area contributed by atoms with Crippen molar-refractivity contribution >= 4 is 0 Å². The molecule has 0 unspecified atom stereocenters. The molecule has 19 heavy (non-hydrogen) atoms. The van der Waals surface area contributed by atoms with Gasteiger partial charge in [-0.3, -0.25) is 4.84 Å². The van der Waals surface area contributed by atoms with E-state index in [0.717, 1.165) is 11.1 Å². The first-order chi connectivity index (χ1) is 9.33. The van der Waals surface area contributed by atoms with Crippen LogP contribution in [-0.2, 0) is 18.1 Å². The van der Waals surface area contributed by atoms with Crippen molar-refractivity contribution in [3.05, 3.63) is 59.7 Å². The SMILES string of the molecule is COc1cc(CON)ccc1OCc1ccccc1. The van der Waals surface area contributed by atoms with E-state index in [1.807, 2.05) is 48.5 Å². The van der Waals surface area contributed by atoms with E-state index in [9.17, 15) is 0 Å². The second kappa shape index (κ2) is 6.78. The number of benzene rings is 2. The third-order valence-corrected chi connectivity index (χ3v) is 2.72. The van der Waals surface area contributed by atoms with Gasteiger partial charge in [0.25, 0.3) is 0 Å². The van der Waals surface area contributed by atoms with Crippen molar-refractivity contribution in [2.75, 3.05) is 7.11 Å². The van der Waals surface area contributed by atoms with Crippen molar-refractivity contribution in [3.63, 3.8) is 0 Å². The Morgan fingerprint density at radius 1 is 0.895 bits per heavy atom. The van der Waals surface area contributed by atoms with Gasteiger partial charge in [-0.15, -0.1) is 0 Å². The first-order valence-electron chi connectivity index (χ1n) is 5.99. The van der Waals surface area contributed by atoms with Crippen molar-refractivity contribution in [3.8, 4) is 11.5 Å². The Hall–Kier alpha value is -2.04. The normalized spacial score (nSPS) is 10.2. The summed E-state index contributed by atoms with van der Waals surface area (Å²) in [6.07, 6.45) is 0. The van der Waals surface area contributed by atoms with Crippen LogP contribution in [0.15, 0.2) is 48.5 Å². The van der Waals surface area contributed by atoms with Crippen LogP contribution in [0.4, 0.5) is 0 Å². The van der Waals surface area contributed by atoms with Gasteiger partial charge in [0.15, 0.2) is 11.5 Å². The highest BCUT2D eigenvalue weighted by Gasteiger charge is 2.06. The van der Waals surface area contributed by atoms with Gasteiger partial charge in [-0.2, -0.15) is 0 Å². The average molecular weight is 259 g/mol. The molecule has 0 radical (unpaired) electrons. The van der Waals surface area contributed by atoms with E-state index < -0.39 is 0 Å². The molecule has 4 nitrogen and oxygen atoms in total. The van der Waals surface area contributed by atoms with Gasteiger partial charge in [0.2, 0.25) is 0 Å². The van der Waals surface area contributed by atoms with Crippen LogP contribution < -0.4 is 15.4 Å². The second-order valence-corrected chi connectivity index (χ2v) is 4.07. The third kappa shape index (κ3) is 3.71. The van der Waals surface area contributed by atoms with Crippen LogP contribution in [-0.4, -0.2) is 7.11 Å². The Morgan fingerprint density at radius 2 is 1.68 bits per heavy atom. The Bertz CT molecular complexity index is 514. The van der Waals surface area contributed by atoms with Gasteiger partial charge in [-0.25, -0.2) is 5.90 Å². The summed E-state index contributed by atoms with van der Waals surface area (Å²) in [7, 11) is 1.61. The molecule has 2 rings (SSSR count). The molecule has 100 valence electrons. The highest BCUT2D eigenvalue weighted by molar-refractivity contribution is 5.42. The first kappa shape index (κ1) is 13.4. The standard InChI is InChI=1S/C15H17NO3/c1-17-15-9-13(11-19-16)7-8-14(15)18-10-12-5-3-2-4-6-12/h2-9H,10-11,16H2,1H3. The lowest BCUT2D eigenvalue weighted by Gasteiger charge is -2.12. The van der Waals surface area contributed by atoms with Gasteiger partial charge in [-0.05, 0) is 23.3 Å². The summed E-state index contributed by atoms with van der Waals surface area (Å²) < 4.78 is 11.0. The molecule has 2 aromatic rings. The predicted octanol–water partition coefficient (Wildman–Crippen LogP) is 2.66. The number of ether oxygens (including phenoxy) is 2. The molecule has 0 saturated carbocycles. The molecule has 0 aliphatic rings. The molecule has 0 aliphatic carbocycles. The molecular formula is C15H17NO3. The van der Waals surface area contributed by atoms with Crippen molar-refractivity contribution < 1.29 is 14.3 Å². The maximum atomic E-state index is 5.75. The van der Waals surface area contributed by atoms with E-state index in [1.165, 1.54) is 0 Å². The van der Waals surface area contributed by atoms with E-state index in [4.69, 9.17) is 15.4 Å². The second-order valence-electron chi connectivity index (χ2n) is 4.07. The molecule has 0 fully saturated rings. The maximum Gasteiger partial charge on any atom is 0.161 e. The first-order valence-corrected chi connectivity index (χ1v) is 5.99. The van der Waals surface area contributed by atoms with Crippen molar-refractivity contribution in [1.29, 1.82) is 0 Å². The fraction of sp³-hybridized carbons (Fsp3) is 0.200. The lowest BCUT2D eigenvalue weighted by atomic mass is 10.2. The zero-order valence-corrected chi connectivity index (χ0v) is 10.8. The van der Waals surface area contributed by atoms with Gasteiger partial charge in [0.1, 0.15) is 6.61 Å². The van der Waals surface area contributed by atoms with Crippen molar-refractivity contribution in [1.82, 2.24) is 0 Å². The van der Waals surface area contributed by atoms with E-state index in [1.54, 1.807) is 7.11 Å².